The third-order valence-corrected chi connectivity index (χ3v) is 1.29. The van der Waals surface area contributed by atoms with Gasteiger partial charge in [-0.3, -0.25) is 0 Å². The number of amidine groups is 1. The summed E-state index contributed by atoms with van der Waals surface area (Å²) in [4.78, 5) is 4.35. The molecule has 2 N–H and O–H groups in total. The Morgan fingerprint density at radius 2 is 2.00 bits per heavy atom. The fourth-order valence-electron chi connectivity index (χ4n) is 0.800. The lowest BCUT2D eigenvalue weighted by atomic mass is 10.2. The number of hydrogen-bond acceptors (Lipinski definition) is 2. The molecule has 3 nitrogen and oxygen atoms in total. The van der Waals surface area contributed by atoms with Crippen LogP contribution in [0.5, 0.6) is 0 Å². The third-order valence-electron chi connectivity index (χ3n) is 1.29. The van der Waals surface area contributed by atoms with Crippen LogP contribution in [-0.4, -0.2) is 12.9 Å². The van der Waals surface area contributed by atoms with Gasteiger partial charge in [0.1, 0.15) is 18.7 Å². The van der Waals surface area contributed by atoms with Crippen LogP contribution in [0.25, 0.3) is 0 Å². The second-order valence-electron chi connectivity index (χ2n) is 2.22. The molecule has 1 aromatic rings. The molecular weight excluding hydrogens is 178 g/mol. The summed E-state index contributed by atoms with van der Waals surface area (Å²) in [5, 5.41) is 3.32. The zero-order valence-corrected chi connectivity index (χ0v) is 6.84. The molecule has 0 aromatic heterocycles. The third kappa shape index (κ3) is 2.40. The molecule has 0 aliphatic heterocycles. The molecule has 0 fully saturated rings. The Kier molecular flexibility index (Phi) is 2.79. The van der Waals surface area contributed by atoms with Gasteiger partial charge in [-0.1, -0.05) is 5.16 Å². The highest BCUT2D eigenvalue weighted by Gasteiger charge is 2.04. The van der Waals surface area contributed by atoms with Crippen LogP contribution in [0.15, 0.2) is 17.3 Å². The largest absolute Gasteiger partial charge is 0.397 e. The summed E-state index contributed by atoms with van der Waals surface area (Å²) in [6, 6.07) is 3.85. The van der Waals surface area contributed by atoms with Gasteiger partial charge in [0.05, 0.1) is 6.07 Å². The summed E-state index contributed by atoms with van der Waals surface area (Å²) in [6.45, 7) is 0. The van der Waals surface area contributed by atoms with Crippen molar-refractivity contribution in [1.82, 2.24) is 0 Å². The van der Waals surface area contributed by atoms with Crippen LogP contribution >= 0.6 is 0 Å². The average molecular weight is 185 g/mol. The number of nitrogens with zero attached hydrogens (tertiary/aromatic N) is 1. The molecule has 0 spiro atoms. The van der Waals surface area contributed by atoms with Crippen LogP contribution < -0.4 is 5.73 Å². The van der Waals surface area contributed by atoms with Crippen molar-refractivity contribution in [3.63, 3.8) is 0 Å². The maximum absolute atomic E-state index is 12.6. The summed E-state index contributed by atoms with van der Waals surface area (Å²) >= 11 is 0. The molecule has 0 saturated heterocycles. The van der Waals surface area contributed by atoms with Gasteiger partial charge in [-0.05, 0) is 12.1 Å². The van der Waals surface area contributed by atoms with Crippen LogP contribution in [-0.2, 0) is 4.84 Å². The molecule has 0 aliphatic carbocycles. The van der Waals surface area contributed by atoms with Crippen molar-refractivity contribution in [3.05, 3.63) is 35.4 Å². The van der Waals surface area contributed by atoms with E-state index in [0.717, 1.165) is 12.1 Å². The average Bonchev–Trinajstić information content (AvgIpc) is 2.03. The van der Waals surface area contributed by atoms with Gasteiger partial charge in [-0.2, -0.15) is 0 Å². The summed E-state index contributed by atoms with van der Waals surface area (Å²) in [7, 11) is 1.29. The molecule has 1 aromatic carbocycles. The van der Waals surface area contributed by atoms with E-state index in [2.05, 4.69) is 9.99 Å². The minimum Gasteiger partial charge on any atom is -0.397 e. The summed E-state index contributed by atoms with van der Waals surface area (Å²) in [5.74, 6) is -1.75. The first kappa shape index (κ1) is 9.44. The topological polar surface area (TPSA) is 47.6 Å². The van der Waals surface area contributed by atoms with Crippen LogP contribution in [0.1, 0.15) is 5.56 Å². The number of nitrogens with two attached hydrogens (primary N) is 1. The second kappa shape index (κ2) is 3.84. The highest BCUT2D eigenvalue weighted by Crippen LogP contribution is 2.06. The number of benzene rings is 1. The van der Waals surface area contributed by atoms with E-state index < -0.39 is 11.6 Å². The standard InChI is InChI=1S/C8H7F2N2O/c1-13-12-8(11)5-2-6(9)4-7(10)3-5/h2-3H,1H3,(H2,11,12). The molecule has 0 saturated carbocycles. The van der Waals surface area contributed by atoms with Gasteiger partial charge in [0.2, 0.25) is 0 Å². The van der Waals surface area contributed by atoms with Crippen molar-refractivity contribution in [2.24, 2.45) is 10.9 Å². The minimum absolute atomic E-state index is 0.0886. The van der Waals surface area contributed by atoms with Crippen molar-refractivity contribution < 1.29 is 13.6 Å². The predicted molar refractivity (Wildman–Crippen MR) is 42.9 cm³/mol. The Hall–Kier alpha value is -1.65. The predicted octanol–water partition coefficient (Wildman–Crippen LogP) is 1.03. The monoisotopic (exact) mass is 185 g/mol. The van der Waals surface area contributed by atoms with Gasteiger partial charge in [0.25, 0.3) is 0 Å². The quantitative estimate of drug-likeness (QED) is 0.425. The van der Waals surface area contributed by atoms with Gasteiger partial charge in [0.15, 0.2) is 5.84 Å². The Morgan fingerprint density at radius 1 is 1.46 bits per heavy atom. The normalized spacial score (nSPS) is 11.5. The Morgan fingerprint density at radius 3 is 2.46 bits per heavy atom. The molecule has 0 unspecified atom stereocenters. The minimum atomic E-state index is -0.829. The molecule has 1 rings (SSSR count). The van der Waals surface area contributed by atoms with E-state index in [1.54, 1.807) is 0 Å². The first-order chi connectivity index (χ1) is 6.13. The zero-order valence-electron chi connectivity index (χ0n) is 6.84. The first-order valence-corrected chi connectivity index (χ1v) is 3.39. The van der Waals surface area contributed by atoms with E-state index in [1.165, 1.54) is 7.11 Å². The van der Waals surface area contributed by atoms with E-state index in [0.29, 0.717) is 0 Å². The van der Waals surface area contributed by atoms with Gasteiger partial charge in [-0.15, -0.1) is 0 Å². The van der Waals surface area contributed by atoms with Gasteiger partial charge < -0.3 is 10.6 Å². The molecule has 13 heavy (non-hydrogen) atoms. The first-order valence-electron chi connectivity index (χ1n) is 3.39. The number of hydrogen-bond donors (Lipinski definition) is 1. The summed E-state index contributed by atoms with van der Waals surface area (Å²) < 4.78 is 25.2. The number of halogens is 2. The number of rotatable bonds is 2. The van der Waals surface area contributed by atoms with Crippen LogP contribution in [0.2, 0.25) is 0 Å². The molecule has 5 heteroatoms. The summed E-state index contributed by atoms with van der Waals surface area (Å²) in [5.41, 5.74) is 5.44. The second-order valence-corrected chi connectivity index (χ2v) is 2.22. The van der Waals surface area contributed by atoms with Crippen molar-refractivity contribution in [1.29, 1.82) is 0 Å². The van der Waals surface area contributed by atoms with Crippen LogP contribution in [0, 0.1) is 17.7 Å². The molecule has 0 aliphatic rings. The van der Waals surface area contributed by atoms with Crippen molar-refractivity contribution in [3.8, 4) is 0 Å². The lowest BCUT2D eigenvalue weighted by molar-refractivity contribution is 0.213. The van der Waals surface area contributed by atoms with E-state index in [-0.39, 0.29) is 11.4 Å². The lowest BCUT2D eigenvalue weighted by Crippen LogP contribution is -2.14. The van der Waals surface area contributed by atoms with E-state index in [4.69, 9.17) is 5.73 Å². The molecule has 0 bridgehead atoms. The Labute approximate surface area is 73.8 Å². The fourth-order valence-corrected chi connectivity index (χ4v) is 0.800. The Balaban J connectivity index is 3.08. The molecule has 0 amide bonds. The number of oxime groups is 1. The molecular formula is C8H7F2N2O. The molecule has 69 valence electrons. The molecule has 1 radical (unpaired) electrons. The van der Waals surface area contributed by atoms with E-state index in [1.807, 2.05) is 6.07 Å². The maximum atomic E-state index is 12.6. The van der Waals surface area contributed by atoms with Crippen LogP contribution in [0.4, 0.5) is 8.78 Å². The van der Waals surface area contributed by atoms with Crippen molar-refractivity contribution in [2.75, 3.05) is 7.11 Å². The molecule has 0 atom stereocenters. The fraction of sp³-hybridized carbons (Fsp3) is 0.125. The Bertz CT molecular complexity index is 319. The van der Waals surface area contributed by atoms with Crippen molar-refractivity contribution >= 4 is 5.84 Å². The molecule has 0 heterocycles. The van der Waals surface area contributed by atoms with E-state index >= 15 is 0 Å². The highest BCUT2D eigenvalue weighted by molar-refractivity contribution is 5.97. The smallest absolute Gasteiger partial charge is 0.170 e. The summed E-state index contributed by atoms with van der Waals surface area (Å²) in [6.07, 6.45) is 0. The van der Waals surface area contributed by atoms with Crippen molar-refractivity contribution in [2.45, 2.75) is 0 Å². The highest BCUT2D eigenvalue weighted by atomic mass is 19.1. The van der Waals surface area contributed by atoms with Crippen LogP contribution in [0.3, 0.4) is 0 Å². The van der Waals surface area contributed by atoms with Gasteiger partial charge in [0, 0.05) is 5.56 Å². The van der Waals surface area contributed by atoms with E-state index in [9.17, 15) is 8.78 Å². The van der Waals surface area contributed by atoms with Gasteiger partial charge in [-0.25, -0.2) is 8.78 Å². The lowest BCUT2D eigenvalue weighted by Gasteiger charge is -1.99. The van der Waals surface area contributed by atoms with Gasteiger partial charge >= 0.3 is 0 Å². The maximum Gasteiger partial charge on any atom is 0.170 e. The SMILES string of the molecule is CON=C(N)c1cc(F)[c]c(F)c1. The zero-order chi connectivity index (χ0) is 9.84.